The van der Waals surface area contributed by atoms with Crippen LogP contribution in [0.4, 0.5) is 5.69 Å². The van der Waals surface area contributed by atoms with Crippen LogP contribution in [0.5, 0.6) is 0 Å². The van der Waals surface area contributed by atoms with Gasteiger partial charge in [0.25, 0.3) is 0 Å². The van der Waals surface area contributed by atoms with Crippen molar-refractivity contribution in [3.05, 3.63) is 101 Å². The van der Waals surface area contributed by atoms with Crippen molar-refractivity contribution in [2.24, 2.45) is 0 Å². The molecule has 0 bridgehead atoms. The summed E-state index contributed by atoms with van der Waals surface area (Å²) in [7, 11) is -3.42. The predicted octanol–water partition coefficient (Wildman–Crippen LogP) is 4.13. The van der Waals surface area contributed by atoms with Gasteiger partial charge in [-0.05, 0) is 42.2 Å². The van der Waals surface area contributed by atoms with Gasteiger partial charge in [0.2, 0.25) is 15.9 Å². The topological polar surface area (TPSA) is 69.7 Å². The highest BCUT2D eigenvalue weighted by molar-refractivity contribution is 7.88. The Balaban J connectivity index is 1.50. The molecule has 0 aromatic heterocycles. The molecule has 1 aliphatic heterocycles. The first-order chi connectivity index (χ1) is 16.3. The molecule has 0 unspecified atom stereocenters. The van der Waals surface area contributed by atoms with Gasteiger partial charge in [-0.1, -0.05) is 72.8 Å². The summed E-state index contributed by atoms with van der Waals surface area (Å²) in [5.74, 6) is -0.121. The number of hydrogen-bond acceptors (Lipinski definition) is 4. The lowest BCUT2D eigenvalue weighted by Crippen LogP contribution is -2.51. The number of benzene rings is 3. The van der Waals surface area contributed by atoms with E-state index in [0.29, 0.717) is 26.2 Å². The lowest BCUT2D eigenvalue weighted by atomic mass is 10.0. The van der Waals surface area contributed by atoms with Gasteiger partial charge >= 0.3 is 0 Å². The Morgan fingerprint density at radius 3 is 2.15 bits per heavy atom. The minimum atomic E-state index is -3.42. The van der Waals surface area contributed by atoms with E-state index >= 15 is 0 Å². The van der Waals surface area contributed by atoms with Crippen LogP contribution in [0.3, 0.4) is 0 Å². The van der Waals surface area contributed by atoms with E-state index in [0.717, 1.165) is 27.9 Å². The van der Waals surface area contributed by atoms with Crippen molar-refractivity contribution < 1.29 is 13.2 Å². The van der Waals surface area contributed by atoms with Crippen LogP contribution < -0.4 is 5.32 Å². The highest BCUT2D eigenvalue weighted by Gasteiger charge is 2.34. The first-order valence-electron chi connectivity index (χ1n) is 11.5. The summed E-state index contributed by atoms with van der Waals surface area (Å²) < 4.78 is 27.5. The smallest absolute Gasteiger partial charge is 0.246 e. The Morgan fingerprint density at radius 2 is 1.50 bits per heavy atom. The Kier molecular flexibility index (Phi) is 7.46. The van der Waals surface area contributed by atoms with Crippen molar-refractivity contribution in [1.82, 2.24) is 9.21 Å². The maximum Gasteiger partial charge on any atom is 0.246 e. The molecule has 7 heteroatoms. The van der Waals surface area contributed by atoms with Crippen molar-refractivity contribution in [3.8, 4) is 0 Å². The molecule has 3 aromatic rings. The van der Waals surface area contributed by atoms with E-state index in [9.17, 15) is 13.2 Å². The van der Waals surface area contributed by atoms with Crippen LogP contribution in [0.15, 0.2) is 78.9 Å². The van der Waals surface area contributed by atoms with Crippen LogP contribution >= 0.6 is 0 Å². The second-order valence-electron chi connectivity index (χ2n) is 8.80. The van der Waals surface area contributed by atoms with Gasteiger partial charge in [0.15, 0.2) is 0 Å². The van der Waals surface area contributed by atoms with E-state index < -0.39 is 16.1 Å². The SMILES string of the molecule is Cc1ccc(C)c(NC(=O)[C@H](c2ccccc2)N2CCN(S(=O)(=O)Cc3ccccc3)CC2)c1. The highest BCUT2D eigenvalue weighted by atomic mass is 32.2. The summed E-state index contributed by atoms with van der Waals surface area (Å²) in [6, 6.07) is 24.4. The number of rotatable bonds is 7. The number of hydrogen-bond donors (Lipinski definition) is 1. The van der Waals surface area contributed by atoms with Crippen molar-refractivity contribution in [2.75, 3.05) is 31.5 Å². The van der Waals surface area contributed by atoms with Gasteiger partial charge < -0.3 is 5.32 Å². The molecule has 1 amide bonds. The summed E-state index contributed by atoms with van der Waals surface area (Å²) in [6.07, 6.45) is 0. The van der Waals surface area contributed by atoms with Gasteiger partial charge in [-0.25, -0.2) is 8.42 Å². The number of nitrogens with zero attached hydrogens (tertiary/aromatic N) is 2. The minimum Gasteiger partial charge on any atom is -0.324 e. The minimum absolute atomic E-state index is 0.0108. The second kappa shape index (κ2) is 10.5. The standard InChI is InChI=1S/C27H31N3O3S/c1-21-13-14-22(2)25(19-21)28-27(31)26(24-11-7-4-8-12-24)29-15-17-30(18-16-29)34(32,33)20-23-9-5-3-6-10-23/h3-14,19,26H,15-18,20H2,1-2H3,(H,28,31)/t26-/m0/s1. The van der Waals surface area contributed by atoms with Crippen molar-refractivity contribution in [3.63, 3.8) is 0 Å². The molecule has 4 rings (SSSR count). The van der Waals surface area contributed by atoms with E-state index in [1.54, 1.807) is 4.31 Å². The molecule has 178 valence electrons. The van der Waals surface area contributed by atoms with Crippen LogP contribution in [0, 0.1) is 13.8 Å². The highest BCUT2D eigenvalue weighted by Crippen LogP contribution is 2.26. The number of nitrogens with one attached hydrogen (secondary N) is 1. The van der Waals surface area contributed by atoms with Crippen molar-refractivity contribution in [1.29, 1.82) is 0 Å². The van der Waals surface area contributed by atoms with Crippen LogP contribution in [0.1, 0.15) is 28.3 Å². The summed E-state index contributed by atoms with van der Waals surface area (Å²) in [5.41, 5.74) is 4.55. The molecule has 0 aliphatic carbocycles. The third-order valence-corrected chi connectivity index (χ3v) is 8.09. The molecule has 34 heavy (non-hydrogen) atoms. The number of carbonyl (C=O) groups is 1. The van der Waals surface area contributed by atoms with E-state index in [4.69, 9.17) is 0 Å². The molecule has 1 saturated heterocycles. The molecule has 1 N–H and O–H groups in total. The summed E-state index contributed by atoms with van der Waals surface area (Å²) in [6.45, 7) is 5.65. The van der Waals surface area contributed by atoms with E-state index in [1.807, 2.05) is 92.7 Å². The van der Waals surface area contributed by atoms with Crippen LogP contribution in [-0.2, 0) is 20.6 Å². The predicted molar refractivity (Wildman–Crippen MR) is 136 cm³/mol. The first kappa shape index (κ1) is 24.1. The maximum atomic E-state index is 13.5. The summed E-state index contributed by atoms with van der Waals surface area (Å²) >= 11 is 0. The Bertz CT molecular complexity index is 1220. The fraction of sp³-hybridized carbons (Fsp3) is 0.296. The molecule has 3 aromatic carbocycles. The Morgan fingerprint density at radius 1 is 0.882 bits per heavy atom. The lowest BCUT2D eigenvalue weighted by Gasteiger charge is -2.38. The Hall–Kier alpha value is -3.00. The fourth-order valence-corrected chi connectivity index (χ4v) is 5.87. The molecule has 1 aliphatic rings. The molecule has 0 saturated carbocycles. The number of sulfonamides is 1. The van der Waals surface area contributed by atoms with Gasteiger partial charge in [0.1, 0.15) is 6.04 Å². The second-order valence-corrected chi connectivity index (χ2v) is 10.8. The van der Waals surface area contributed by atoms with Gasteiger partial charge in [-0.2, -0.15) is 4.31 Å². The van der Waals surface area contributed by atoms with Crippen LogP contribution in [0.25, 0.3) is 0 Å². The van der Waals surface area contributed by atoms with E-state index in [2.05, 4.69) is 10.2 Å². The molecule has 1 atom stereocenters. The quantitative estimate of drug-likeness (QED) is 0.556. The molecular weight excluding hydrogens is 446 g/mol. The normalized spacial score (nSPS) is 16.2. The molecule has 1 fully saturated rings. The number of piperazine rings is 1. The largest absolute Gasteiger partial charge is 0.324 e. The third kappa shape index (κ3) is 5.73. The molecule has 1 heterocycles. The van der Waals surface area contributed by atoms with Crippen molar-refractivity contribution in [2.45, 2.75) is 25.6 Å². The van der Waals surface area contributed by atoms with Gasteiger partial charge in [0.05, 0.1) is 5.75 Å². The van der Waals surface area contributed by atoms with Crippen molar-refractivity contribution >= 4 is 21.6 Å². The van der Waals surface area contributed by atoms with Gasteiger partial charge in [-0.3, -0.25) is 9.69 Å². The van der Waals surface area contributed by atoms with E-state index in [1.165, 1.54) is 0 Å². The fourth-order valence-electron chi connectivity index (χ4n) is 4.35. The average Bonchev–Trinajstić information content (AvgIpc) is 2.83. The molecule has 0 spiro atoms. The number of carbonyl (C=O) groups excluding carboxylic acids is 1. The number of aryl methyl sites for hydroxylation is 2. The maximum absolute atomic E-state index is 13.5. The number of anilines is 1. The first-order valence-corrected chi connectivity index (χ1v) is 13.1. The molecule has 6 nitrogen and oxygen atoms in total. The number of amides is 1. The zero-order chi connectivity index (χ0) is 24.1. The van der Waals surface area contributed by atoms with Crippen LogP contribution in [0.2, 0.25) is 0 Å². The zero-order valence-corrected chi connectivity index (χ0v) is 20.5. The van der Waals surface area contributed by atoms with Crippen LogP contribution in [-0.4, -0.2) is 49.7 Å². The lowest BCUT2D eigenvalue weighted by molar-refractivity contribution is -0.122. The monoisotopic (exact) mass is 477 g/mol. The van der Waals surface area contributed by atoms with Gasteiger partial charge in [0, 0.05) is 31.9 Å². The van der Waals surface area contributed by atoms with Gasteiger partial charge in [-0.15, -0.1) is 0 Å². The molecule has 0 radical (unpaired) electrons. The zero-order valence-electron chi connectivity index (χ0n) is 19.6. The molecular formula is C27H31N3O3S. The average molecular weight is 478 g/mol. The Labute approximate surface area is 202 Å². The van der Waals surface area contributed by atoms with E-state index in [-0.39, 0.29) is 11.7 Å². The third-order valence-electron chi connectivity index (χ3n) is 6.24. The summed E-state index contributed by atoms with van der Waals surface area (Å²) in [5, 5.41) is 3.11. The summed E-state index contributed by atoms with van der Waals surface area (Å²) in [4.78, 5) is 15.6.